The van der Waals surface area contributed by atoms with Gasteiger partial charge in [-0.2, -0.15) is 0 Å². The number of piperazine rings is 1. The Bertz CT molecular complexity index is 1120. The van der Waals surface area contributed by atoms with Crippen LogP contribution in [0.25, 0.3) is 0 Å². The minimum Gasteiger partial charge on any atom is -0.497 e. The average Bonchev–Trinajstić information content (AvgIpc) is 3.20. The van der Waals surface area contributed by atoms with E-state index < -0.39 is 0 Å². The predicted octanol–water partition coefficient (Wildman–Crippen LogP) is 4.15. The van der Waals surface area contributed by atoms with Gasteiger partial charge in [0.2, 0.25) is 0 Å². The Labute approximate surface area is 194 Å². The molecule has 7 nitrogen and oxygen atoms in total. The monoisotopic (exact) mass is 449 g/mol. The summed E-state index contributed by atoms with van der Waals surface area (Å²) < 4.78 is 16.7. The highest BCUT2D eigenvalue weighted by Gasteiger charge is 2.28. The molecule has 0 unspecified atom stereocenters. The fraction of sp³-hybridized carbons (Fsp3) is 0.385. The lowest BCUT2D eigenvalue weighted by atomic mass is 10.1. The minimum absolute atomic E-state index is 0.104. The van der Waals surface area contributed by atoms with Crippen molar-refractivity contribution in [2.24, 2.45) is 0 Å². The third-order valence-electron chi connectivity index (χ3n) is 6.31. The van der Waals surface area contributed by atoms with E-state index in [4.69, 9.17) is 14.0 Å². The van der Waals surface area contributed by atoms with E-state index in [0.29, 0.717) is 30.1 Å². The number of rotatable bonds is 7. The molecule has 1 aromatic heterocycles. The molecule has 2 heterocycles. The number of hydrogen-bond donors (Lipinski definition) is 0. The number of benzene rings is 2. The summed E-state index contributed by atoms with van der Waals surface area (Å²) in [6, 6.07) is 14.1. The molecule has 0 spiro atoms. The Hall–Kier alpha value is -3.32. The van der Waals surface area contributed by atoms with Gasteiger partial charge in [0.15, 0.2) is 5.69 Å². The van der Waals surface area contributed by atoms with Crippen molar-refractivity contribution < 1.29 is 18.8 Å². The van der Waals surface area contributed by atoms with Crippen LogP contribution in [-0.2, 0) is 13.2 Å². The number of methoxy groups -OCH3 is 1. The molecule has 1 saturated heterocycles. The van der Waals surface area contributed by atoms with Crippen LogP contribution < -0.4 is 9.47 Å². The van der Waals surface area contributed by atoms with Crippen LogP contribution in [0.4, 0.5) is 0 Å². The van der Waals surface area contributed by atoms with Crippen molar-refractivity contribution in [2.75, 3.05) is 33.3 Å². The van der Waals surface area contributed by atoms with Crippen LogP contribution in [0.15, 0.2) is 47.0 Å². The zero-order chi connectivity index (χ0) is 23.4. The fourth-order valence-corrected chi connectivity index (χ4v) is 4.05. The van der Waals surface area contributed by atoms with Crippen molar-refractivity contribution in [3.8, 4) is 11.5 Å². The van der Waals surface area contributed by atoms with Crippen molar-refractivity contribution in [1.82, 2.24) is 15.0 Å². The lowest BCUT2D eigenvalue weighted by molar-refractivity contribution is 0.0616. The van der Waals surface area contributed by atoms with Crippen LogP contribution in [0.5, 0.6) is 11.5 Å². The molecule has 7 heteroatoms. The lowest BCUT2D eigenvalue weighted by Crippen LogP contribution is -2.48. The molecular formula is C26H31N3O4. The van der Waals surface area contributed by atoms with Gasteiger partial charge in [0.05, 0.1) is 12.7 Å². The van der Waals surface area contributed by atoms with Crippen molar-refractivity contribution in [3.63, 3.8) is 0 Å². The van der Waals surface area contributed by atoms with Gasteiger partial charge in [-0.3, -0.25) is 9.69 Å². The van der Waals surface area contributed by atoms with Crippen LogP contribution in [-0.4, -0.2) is 54.2 Å². The van der Waals surface area contributed by atoms with E-state index in [1.54, 1.807) is 7.11 Å². The molecule has 174 valence electrons. The quantitative estimate of drug-likeness (QED) is 0.540. The Morgan fingerprint density at radius 3 is 2.58 bits per heavy atom. The van der Waals surface area contributed by atoms with Gasteiger partial charge in [-0.1, -0.05) is 29.4 Å². The normalized spacial score (nSPS) is 14.4. The number of nitrogens with zero attached hydrogens (tertiary/aromatic N) is 3. The maximum Gasteiger partial charge on any atom is 0.276 e. The number of amides is 1. The second-order valence-electron chi connectivity index (χ2n) is 8.47. The van der Waals surface area contributed by atoms with Crippen LogP contribution >= 0.6 is 0 Å². The second kappa shape index (κ2) is 10.1. The summed E-state index contributed by atoms with van der Waals surface area (Å²) in [5.74, 6) is 2.17. The summed E-state index contributed by atoms with van der Waals surface area (Å²) in [5.41, 5.74) is 4.51. The van der Waals surface area contributed by atoms with Crippen molar-refractivity contribution in [1.29, 1.82) is 0 Å². The number of aryl methyl sites for hydroxylation is 2. The van der Waals surface area contributed by atoms with Gasteiger partial charge >= 0.3 is 0 Å². The largest absolute Gasteiger partial charge is 0.497 e. The number of aromatic nitrogens is 1. The van der Waals surface area contributed by atoms with Crippen molar-refractivity contribution in [3.05, 3.63) is 76.2 Å². The fourth-order valence-electron chi connectivity index (χ4n) is 4.05. The molecule has 1 fully saturated rings. The molecule has 0 bridgehead atoms. The first-order valence-electron chi connectivity index (χ1n) is 11.2. The van der Waals surface area contributed by atoms with E-state index in [1.165, 1.54) is 5.56 Å². The van der Waals surface area contributed by atoms with E-state index >= 15 is 0 Å². The number of hydrogen-bond acceptors (Lipinski definition) is 6. The Morgan fingerprint density at radius 1 is 1.06 bits per heavy atom. The van der Waals surface area contributed by atoms with Crippen LogP contribution in [0, 0.1) is 20.8 Å². The van der Waals surface area contributed by atoms with Gasteiger partial charge in [0.1, 0.15) is 23.9 Å². The van der Waals surface area contributed by atoms with Crippen molar-refractivity contribution >= 4 is 5.91 Å². The molecule has 4 rings (SSSR count). The molecule has 1 aliphatic rings. The summed E-state index contributed by atoms with van der Waals surface area (Å²) in [5, 5.41) is 4.08. The average molecular weight is 450 g/mol. The summed E-state index contributed by atoms with van der Waals surface area (Å²) in [4.78, 5) is 17.4. The van der Waals surface area contributed by atoms with E-state index in [2.05, 4.69) is 35.2 Å². The first-order valence-corrected chi connectivity index (χ1v) is 11.2. The topological polar surface area (TPSA) is 68.0 Å². The summed E-state index contributed by atoms with van der Waals surface area (Å²) in [6.07, 6.45) is 0. The molecule has 0 N–H and O–H groups in total. The number of ether oxygens (including phenoxy) is 2. The molecule has 0 radical (unpaired) electrons. The van der Waals surface area contributed by atoms with Crippen molar-refractivity contribution in [2.45, 2.75) is 33.9 Å². The molecule has 2 aromatic carbocycles. The second-order valence-corrected chi connectivity index (χ2v) is 8.47. The molecule has 33 heavy (non-hydrogen) atoms. The van der Waals surface area contributed by atoms with E-state index in [0.717, 1.165) is 42.3 Å². The summed E-state index contributed by atoms with van der Waals surface area (Å²) >= 11 is 0. The predicted molar refractivity (Wildman–Crippen MR) is 126 cm³/mol. The number of carbonyl (C=O) groups is 1. The van der Waals surface area contributed by atoms with E-state index in [-0.39, 0.29) is 12.5 Å². The van der Waals surface area contributed by atoms with E-state index in [9.17, 15) is 4.79 Å². The first kappa shape index (κ1) is 22.9. The zero-order valence-corrected chi connectivity index (χ0v) is 19.8. The number of carbonyl (C=O) groups excluding carboxylic acids is 1. The molecule has 1 amide bonds. The molecular weight excluding hydrogens is 418 g/mol. The van der Waals surface area contributed by atoms with Gasteiger partial charge in [-0.25, -0.2) is 0 Å². The maximum atomic E-state index is 13.2. The summed E-state index contributed by atoms with van der Waals surface area (Å²) in [6.45, 7) is 9.86. The molecule has 1 aliphatic heterocycles. The minimum atomic E-state index is -0.104. The third-order valence-corrected chi connectivity index (χ3v) is 6.31. The molecule has 3 aromatic rings. The zero-order valence-electron chi connectivity index (χ0n) is 19.8. The van der Waals surface area contributed by atoms with Crippen LogP contribution in [0.1, 0.15) is 38.5 Å². The smallest absolute Gasteiger partial charge is 0.276 e. The molecule has 0 atom stereocenters. The molecule has 0 aliphatic carbocycles. The van der Waals surface area contributed by atoms with Gasteiger partial charge in [-0.15, -0.1) is 0 Å². The molecule has 0 saturated carbocycles. The lowest BCUT2D eigenvalue weighted by Gasteiger charge is -2.34. The Morgan fingerprint density at radius 2 is 1.82 bits per heavy atom. The van der Waals surface area contributed by atoms with Gasteiger partial charge in [-0.05, 0) is 55.7 Å². The van der Waals surface area contributed by atoms with Crippen LogP contribution in [0.3, 0.4) is 0 Å². The summed E-state index contributed by atoms with van der Waals surface area (Å²) in [7, 11) is 1.68. The highest BCUT2D eigenvalue weighted by molar-refractivity contribution is 5.93. The highest BCUT2D eigenvalue weighted by Crippen LogP contribution is 2.24. The maximum absolute atomic E-state index is 13.2. The van der Waals surface area contributed by atoms with Gasteiger partial charge in [0.25, 0.3) is 5.91 Å². The Kier molecular flexibility index (Phi) is 6.99. The Balaban J connectivity index is 1.37. The van der Waals surface area contributed by atoms with E-state index in [1.807, 2.05) is 43.0 Å². The third kappa shape index (κ3) is 5.20. The van der Waals surface area contributed by atoms with Gasteiger partial charge in [0, 0.05) is 32.7 Å². The standard InChI is InChI=1S/C26H31N3O4/c1-18-7-5-10-24(19(18)2)32-17-23-20(3)33-27-25(23)26(30)29-13-11-28(12-14-29)16-21-8-6-9-22(15-21)31-4/h5-10,15H,11-14,16-17H2,1-4H3. The van der Waals surface area contributed by atoms with Gasteiger partial charge < -0.3 is 18.9 Å². The van der Waals surface area contributed by atoms with Crippen LogP contribution in [0.2, 0.25) is 0 Å². The highest BCUT2D eigenvalue weighted by atomic mass is 16.5. The first-order chi connectivity index (χ1) is 16.0. The SMILES string of the molecule is COc1cccc(CN2CCN(C(=O)c3noc(C)c3COc3cccc(C)c3C)CC2)c1.